The fourth-order valence-corrected chi connectivity index (χ4v) is 4.20. The molecule has 0 atom stereocenters. The topological polar surface area (TPSA) is 62.5 Å². The lowest BCUT2D eigenvalue weighted by Gasteiger charge is -2.32. The summed E-state index contributed by atoms with van der Waals surface area (Å²) in [6.07, 6.45) is 11.0. The number of anilines is 1. The summed E-state index contributed by atoms with van der Waals surface area (Å²) < 4.78 is 2.03. The third-order valence-corrected chi connectivity index (χ3v) is 5.69. The van der Waals surface area contributed by atoms with Gasteiger partial charge in [0, 0.05) is 31.7 Å². The van der Waals surface area contributed by atoms with Crippen molar-refractivity contribution >= 4 is 17.5 Å². The molecule has 1 saturated heterocycles. The van der Waals surface area contributed by atoms with Crippen LogP contribution in [-0.4, -0.2) is 39.6 Å². The molecule has 0 bridgehead atoms. The van der Waals surface area contributed by atoms with Crippen LogP contribution >= 0.6 is 0 Å². The van der Waals surface area contributed by atoms with Gasteiger partial charge in [0.1, 0.15) is 0 Å². The Morgan fingerprint density at radius 1 is 1.12 bits per heavy atom. The number of fused-ring (bicyclic) bond motifs is 1. The highest BCUT2D eigenvalue weighted by molar-refractivity contribution is 5.76. The summed E-state index contributed by atoms with van der Waals surface area (Å²) in [6, 6.07) is 6.23. The average molecular weight is 341 g/mol. The molecule has 1 N–H and O–H groups in total. The Hall–Kier alpha value is -2.11. The number of nitrogens with one attached hydrogen (secondary N) is 1. The molecule has 0 unspecified atom stereocenters. The van der Waals surface area contributed by atoms with Gasteiger partial charge in [-0.3, -0.25) is 9.20 Å². The highest BCUT2D eigenvalue weighted by atomic mass is 16.1. The Morgan fingerprint density at radius 2 is 1.92 bits per heavy atom. The molecule has 3 heterocycles. The van der Waals surface area contributed by atoms with Crippen LogP contribution in [0.1, 0.15) is 51.4 Å². The second kappa shape index (κ2) is 7.42. The first-order chi connectivity index (χ1) is 12.3. The molecule has 2 aromatic heterocycles. The zero-order valence-electron chi connectivity index (χ0n) is 14.7. The fraction of sp³-hybridized carbons (Fsp3) is 0.632. The summed E-state index contributed by atoms with van der Waals surface area (Å²) in [5.74, 6) is 1.92. The lowest BCUT2D eigenvalue weighted by molar-refractivity contribution is -0.122. The molecule has 2 aliphatic rings. The second-order valence-electron chi connectivity index (χ2n) is 7.45. The third-order valence-electron chi connectivity index (χ3n) is 5.69. The highest BCUT2D eigenvalue weighted by Gasteiger charge is 2.24. The van der Waals surface area contributed by atoms with Gasteiger partial charge in [-0.05, 0) is 37.3 Å². The number of amides is 1. The molecular weight excluding hydrogens is 314 g/mol. The normalized spacial score (nSPS) is 19.6. The number of hydrogen-bond donors (Lipinski definition) is 1. The van der Waals surface area contributed by atoms with Crippen LogP contribution in [0.5, 0.6) is 0 Å². The maximum atomic E-state index is 12.2. The third kappa shape index (κ3) is 3.78. The SMILES string of the molecule is O=C(CCC1CCCC1)NC1CCN(c2nnc3ccccn23)CC1. The van der Waals surface area contributed by atoms with Gasteiger partial charge in [-0.15, -0.1) is 10.2 Å². The molecule has 1 amide bonds. The number of rotatable bonds is 5. The summed E-state index contributed by atoms with van der Waals surface area (Å²) in [7, 11) is 0. The molecule has 2 fully saturated rings. The quantitative estimate of drug-likeness (QED) is 0.908. The Labute approximate surface area is 148 Å². The van der Waals surface area contributed by atoms with Crippen LogP contribution in [0.2, 0.25) is 0 Å². The summed E-state index contributed by atoms with van der Waals surface area (Å²) in [5, 5.41) is 11.8. The Morgan fingerprint density at radius 3 is 2.72 bits per heavy atom. The zero-order valence-corrected chi connectivity index (χ0v) is 14.7. The molecule has 1 aliphatic heterocycles. The minimum absolute atomic E-state index is 0.235. The number of aromatic nitrogens is 3. The van der Waals surface area contributed by atoms with E-state index in [-0.39, 0.29) is 5.91 Å². The standard InChI is InChI=1S/C19H27N5O/c25-18(9-8-15-5-1-2-6-15)20-16-10-13-23(14-11-16)19-22-21-17-7-3-4-12-24(17)19/h3-4,7,12,15-16H,1-2,5-6,8-11,13-14H2,(H,20,25). The largest absolute Gasteiger partial charge is 0.353 e. The number of pyridine rings is 1. The Balaban J connectivity index is 1.26. The van der Waals surface area contributed by atoms with E-state index in [9.17, 15) is 4.79 Å². The van der Waals surface area contributed by atoms with Crippen LogP contribution < -0.4 is 10.2 Å². The Bertz CT molecular complexity index is 713. The van der Waals surface area contributed by atoms with Crippen molar-refractivity contribution in [1.82, 2.24) is 19.9 Å². The van der Waals surface area contributed by atoms with Crippen molar-refractivity contribution in [2.75, 3.05) is 18.0 Å². The first-order valence-electron chi connectivity index (χ1n) is 9.63. The van der Waals surface area contributed by atoms with E-state index >= 15 is 0 Å². The first-order valence-corrected chi connectivity index (χ1v) is 9.63. The molecule has 25 heavy (non-hydrogen) atoms. The fourth-order valence-electron chi connectivity index (χ4n) is 4.20. The Kier molecular flexibility index (Phi) is 4.85. The minimum Gasteiger partial charge on any atom is -0.353 e. The first kappa shape index (κ1) is 16.4. The molecule has 0 aromatic carbocycles. The number of carbonyl (C=O) groups excluding carboxylic acids is 1. The van der Waals surface area contributed by atoms with Crippen molar-refractivity contribution in [2.45, 2.75) is 57.4 Å². The number of piperidine rings is 1. The number of carbonyl (C=O) groups is 1. The number of hydrogen-bond acceptors (Lipinski definition) is 4. The van der Waals surface area contributed by atoms with Gasteiger partial charge in [0.2, 0.25) is 11.9 Å². The van der Waals surface area contributed by atoms with Gasteiger partial charge >= 0.3 is 0 Å². The van der Waals surface area contributed by atoms with Crippen molar-refractivity contribution in [3.05, 3.63) is 24.4 Å². The molecule has 6 nitrogen and oxygen atoms in total. The van der Waals surface area contributed by atoms with Crippen LogP contribution in [0.15, 0.2) is 24.4 Å². The van der Waals surface area contributed by atoms with Gasteiger partial charge in [0.15, 0.2) is 5.65 Å². The summed E-state index contributed by atoms with van der Waals surface area (Å²) in [5.41, 5.74) is 0.875. The molecule has 2 aromatic rings. The molecular formula is C19H27N5O. The van der Waals surface area contributed by atoms with Crippen LogP contribution in [0, 0.1) is 5.92 Å². The van der Waals surface area contributed by atoms with Crippen molar-refractivity contribution < 1.29 is 4.79 Å². The van der Waals surface area contributed by atoms with E-state index < -0.39 is 0 Å². The van der Waals surface area contributed by atoms with Crippen molar-refractivity contribution in [3.8, 4) is 0 Å². The number of nitrogens with zero attached hydrogens (tertiary/aromatic N) is 4. The van der Waals surface area contributed by atoms with Crippen molar-refractivity contribution in [1.29, 1.82) is 0 Å². The smallest absolute Gasteiger partial charge is 0.231 e. The van der Waals surface area contributed by atoms with E-state index in [4.69, 9.17) is 0 Å². The van der Waals surface area contributed by atoms with Gasteiger partial charge in [0.05, 0.1) is 0 Å². The van der Waals surface area contributed by atoms with Gasteiger partial charge in [-0.25, -0.2) is 0 Å². The highest BCUT2D eigenvalue weighted by Crippen LogP contribution is 2.28. The predicted molar refractivity (Wildman–Crippen MR) is 97.6 cm³/mol. The molecule has 0 radical (unpaired) electrons. The van der Waals surface area contributed by atoms with Crippen molar-refractivity contribution in [3.63, 3.8) is 0 Å². The van der Waals surface area contributed by atoms with E-state index in [1.807, 2.05) is 28.8 Å². The second-order valence-corrected chi connectivity index (χ2v) is 7.45. The van der Waals surface area contributed by atoms with Gasteiger partial charge < -0.3 is 10.2 Å². The van der Waals surface area contributed by atoms with E-state index in [1.54, 1.807) is 0 Å². The van der Waals surface area contributed by atoms with Crippen LogP contribution in [-0.2, 0) is 4.79 Å². The summed E-state index contributed by atoms with van der Waals surface area (Å²) in [6.45, 7) is 1.81. The van der Waals surface area contributed by atoms with Crippen LogP contribution in [0.4, 0.5) is 5.95 Å². The maximum Gasteiger partial charge on any atom is 0.231 e. The van der Waals surface area contributed by atoms with Gasteiger partial charge in [-0.1, -0.05) is 31.7 Å². The summed E-state index contributed by atoms with van der Waals surface area (Å²) in [4.78, 5) is 14.5. The van der Waals surface area contributed by atoms with E-state index in [0.29, 0.717) is 12.5 Å². The van der Waals surface area contributed by atoms with Gasteiger partial charge in [-0.2, -0.15) is 0 Å². The van der Waals surface area contributed by atoms with E-state index in [0.717, 1.165) is 49.9 Å². The molecule has 1 saturated carbocycles. The van der Waals surface area contributed by atoms with Crippen LogP contribution in [0.25, 0.3) is 5.65 Å². The van der Waals surface area contributed by atoms with E-state index in [1.165, 1.54) is 25.7 Å². The lowest BCUT2D eigenvalue weighted by atomic mass is 10.0. The monoisotopic (exact) mass is 341 g/mol. The predicted octanol–water partition coefficient (Wildman–Crippen LogP) is 2.78. The molecule has 6 heteroatoms. The van der Waals surface area contributed by atoms with Crippen LogP contribution in [0.3, 0.4) is 0 Å². The van der Waals surface area contributed by atoms with Crippen molar-refractivity contribution in [2.24, 2.45) is 5.92 Å². The molecule has 1 aliphatic carbocycles. The molecule has 0 spiro atoms. The lowest BCUT2D eigenvalue weighted by Crippen LogP contribution is -2.45. The maximum absolute atomic E-state index is 12.2. The average Bonchev–Trinajstić information content (AvgIpc) is 3.30. The van der Waals surface area contributed by atoms with Gasteiger partial charge in [0.25, 0.3) is 0 Å². The zero-order chi connectivity index (χ0) is 17.1. The summed E-state index contributed by atoms with van der Waals surface area (Å²) >= 11 is 0. The molecule has 4 rings (SSSR count). The van der Waals surface area contributed by atoms with E-state index in [2.05, 4.69) is 20.4 Å². The molecule has 134 valence electrons. The minimum atomic E-state index is 0.235.